The Hall–Kier alpha value is -1.14. The second-order valence-corrected chi connectivity index (χ2v) is 4.25. The molecule has 6 nitrogen and oxygen atoms in total. The molecule has 0 aliphatic carbocycles. The molecule has 6 heteroatoms. The van der Waals surface area contributed by atoms with Gasteiger partial charge in [0.2, 0.25) is 11.8 Å². The highest BCUT2D eigenvalue weighted by atomic mass is 16.2. The van der Waals surface area contributed by atoms with Crippen molar-refractivity contribution in [1.29, 1.82) is 0 Å². The maximum Gasteiger partial charge on any atom is 0.231 e. The van der Waals surface area contributed by atoms with Crippen LogP contribution in [-0.2, 0) is 9.59 Å². The van der Waals surface area contributed by atoms with Crippen LogP contribution >= 0.6 is 0 Å². The molecule has 0 saturated carbocycles. The molecule has 2 amide bonds. The fraction of sp³-hybridized carbons (Fsp3) is 0.800. The number of carbonyl (C=O) groups excluding carboxylic acids is 2. The van der Waals surface area contributed by atoms with Crippen molar-refractivity contribution in [1.82, 2.24) is 10.2 Å². The molecule has 1 rings (SSSR count). The molecule has 1 aliphatic heterocycles. The van der Waals surface area contributed by atoms with Crippen LogP contribution in [0.15, 0.2) is 0 Å². The molecular weight excluding hydrogens is 208 g/mol. The van der Waals surface area contributed by atoms with Gasteiger partial charge in [0.05, 0.1) is 13.1 Å². The van der Waals surface area contributed by atoms with Gasteiger partial charge in [-0.1, -0.05) is 6.42 Å². The first kappa shape index (κ1) is 12.9. The van der Waals surface area contributed by atoms with Crippen LogP contribution in [0.2, 0.25) is 0 Å². The van der Waals surface area contributed by atoms with E-state index in [4.69, 9.17) is 11.5 Å². The molecule has 0 aromatic rings. The van der Waals surface area contributed by atoms with E-state index in [2.05, 4.69) is 5.32 Å². The Labute approximate surface area is 95.3 Å². The fourth-order valence-electron chi connectivity index (χ4n) is 2.02. The molecule has 16 heavy (non-hydrogen) atoms. The predicted molar refractivity (Wildman–Crippen MR) is 60.5 cm³/mol. The molecule has 1 aliphatic rings. The summed E-state index contributed by atoms with van der Waals surface area (Å²) in [5.41, 5.74) is 10.2. The minimum atomic E-state index is -0.433. The zero-order chi connectivity index (χ0) is 12.0. The second kappa shape index (κ2) is 6.44. The third-order valence-corrected chi connectivity index (χ3v) is 2.65. The molecular formula is C10H20N4O2. The first-order chi connectivity index (χ1) is 7.58. The number of hydrogen-bond donors (Lipinski definition) is 3. The van der Waals surface area contributed by atoms with Crippen LogP contribution in [-0.4, -0.2) is 48.9 Å². The molecule has 0 bridgehead atoms. The van der Waals surface area contributed by atoms with E-state index >= 15 is 0 Å². The van der Waals surface area contributed by atoms with E-state index in [1.165, 1.54) is 12.8 Å². The van der Waals surface area contributed by atoms with Crippen molar-refractivity contribution in [2.45, 2.75) is 25.3 Å². The lowest BCUT2D eigenvalue weighted by Crippen LogP contribution is -2.48. The fourth-order valence-corrected chi connectivity index (χ4v) is 2.02. The summed E-state index contributed by atoms with van der Waals surface area (Å²) < 4.78 is 0. The van der Waals surface area contributed by atoms with Gasteiger partial charge in [0.25, 0.3) is 0 Å². The lowest BCUT2D eigenvalue weighted by molar-refractivity contribution is -0.122. The van der Waals surface area contributed by atoms with Gasteiger partial charge in [-0.2, -0.15) is 0 Å². The van der Waals surface area contributed by atoms with Gasteiger partial charge < -0.3 is 16.8 Å². The van der Waals surface area contributed by atoms with Crippen molar-refractivity contribution < 1.29 is 9.59 Å². The Kier molecular flexibility index (Phi) is 5.21. The van der Waals surface area contributed by atoms with E-state index < -0.39 is 11.8 Å². The quantitative estimate of drug-likeness (QED) is 0.509. The van der Waals surface area contributed by atoms with E-state index in [1.54, 1.807) is 4.90 Å². The minimum absolute atomic E-state index is 0.0844. The third kappa shape index (κ3) is 5.09. The second-order valence-electron chi connectivity index (χ2n) is 4.25. The first-order valence-electron chi connectivity index (χ1n) is 5.60. The Balaban J connectivity index is 2.40. The van der Waals surface area contributed by atoms with Gasteiger partial charge in [-0.05, 0) is 19.4 Å². The molecule has 1 fully saturated rings. The van der Waals surface area contributed by atoms with Gasteiger partial charge in [-0.25, -0.2) is 0 Å². The van der Waals surface area contributed by atoms with E-state index in [0.29, 0.717) is 12.6 Å². The first-order valence-corrected chi connectivity index (χ1v) is 5.60. The predicted octanol–water partition coefficient (Wildman–Crippen LogP) is -1.60. The normalized spacial score (nSPS) is 20.9. The average Bonchev–Trinajstić information content (AvgIpc) is 2.16. The number of hydrogen-bond acceptors (Lipinski definition) is 4. The molecule has 1 unspecified atom stereocenters. The van der Waals surface area contributed by atoms with Crippen molar-refractivity contribution in [3.8, 4) is 0 Å². The SMILES string of the molecule is NC(=O)CN(CC(N)=O)CC1CCCCN1. The van der Waals surface area contributed by atoms with Crippen LogP contribution in [0.3, 0.4) is 0 Å². The molecule has 1 heterocycles. The van der Waals surface area contributed by atoms with Crippen molar-refractivity contribution >= 4 is 11.8 Å². The maximum absolute atomic E-state index is 10.8. The van der Waals surface area contributed by atoms with Crippen LogP contribution in [0.1, 0.15) is 19.3 Å². The number of nitrogens with two attached hydrogens (primary N) is 2. The van der Waals surface area contributed by atoms with Gasteiger partial charge in [-0.15, -0.1) is 0 Å². The summed E-state index contributed by atoms with van der Waals surface area (Å²) in [7, 11) is 0. The van der Waals surface area contributed by atoms with Crippen molar-refractivity contribution in [3.63, 3.8) is 0 Å². The Morgan fingerprint density at radius 3 is 2.25 bits per heavy atom. The zero-order valence-electron chi connectivity index (χ0n) is 9.45. The van der Waals surface area contributed by atoms with Gasteiger partial charge in [0.1, 0.15) is 0 Å². The Morgan fingerprint density at radius 1 is 1.19 bits per heavy atom. The highest BCUT2D eigenvalue weighted by molar-refractivity contribution is 5.79. The summed E-state index contributed by atoms with van der Waals surface area (Å²) in [6.07, 6.45) is 3.43. The van der Waals surface area contributed by atoms with E-state index in [0.717, 1.165) is 13.0 Å². The number of primary amides is 2. The van der Waals surface area contributed by atoms with E-state index in [-0.39, 0.29) is 13.1 Å². The maximum atomic E-state index is 10.8. The lowest BCUT2D eigenvalue weighted by atomic mass is 10.0. The Bertz CT molecular complexity index is 235. The van der Waals surface area contributed by atoms with Gasteiger partial charge in [0, 0.05) is 12.6 Å². The summed E-state index contributed by atoms with van der Waals surface area (Å²) in [6, 6.07) is 0.326. The standard InChI is InChI=1S/C10H20N4O2/c11-9(15)6-14(7-10(12)16)5-8-3-1-2-4-13-8/h8,13H,1-7H2,(H2,11,15)(H2,12,16). The number of piperidine rings is 1. The van der Waals surface area contributed by atoms with Gasteiger partial charge in [0.15, 0.2) is 0 Å². The number of carbonyl (C=O) groups is 2. The average molecular weight is 228 g/mol. The molecule has 0 aromatic carbocycles. The number of rotatable bonds is 6. The molecule has 1 atom stereocenters. The Morgan fingerprint density at radius 2 is 1.81 bits per heavy atom. The zero-order valence-corrected chi connectivity index (χ0v) is 9.45. The molecule has 0 aromatic heterocycles. The van der Waals surface area contributed by atoms with Crippen LogP contribution < -0.4 is 16.8 Å². The van der Waals surface area contributed by atoms with Crippen LogP contribution in [0.25, 0.3) is 0 Å². The summed E-state index contributed by atoms with van der Waals surface area (Å²) >= 11 is 0. The third-order valence-electron chi connectivity index (χ3n) is 2.65. The van der Waals surface area contributed by atoms with E-state index in [9.17, 15) is 9.59 Å². The van der Waals surface area contributed by atoms with Gasteiger partial charge >= 0.3 is 0 Å². The van der Waals surface area contributed by atoms with Crippen molar-refractivity contribution in [3.05, 3.63) is 0 Å². The number of amides is 2. The largest absolute Gasteiger partial charge is 0.369 e. The summed E-state index contributed by atoms with van der Waals surface area (Å²) in [4.78, 5) is 23.4. The summed E-state index contributed by atoms with van der Waals surface area (Å²) in [5.74, 6) is -0.867. The smallest absolute Gasteiger partial charge is 0.231 e. The van der Waals surface area contributed by atoms with Crippen LogP contribution in [0.4, 0.5) is 0 Å². The van der Waals surface area contributed by atoms with Crippen LogP contribution in [0.5, 0.6) is 0 Å². The molecule has 1 saturated heterocycles. The molecule has 5 N–H and O–H groups in total. The highest BCUT2D eigenvalue weighted by Crippen LogP contribution is 2.08. The van der Waals surface area contributed by atoms with E-state index in [1.807, 2.05) is 0 Å². The number of nitrogens with zero attached hydrogens (tertiary/aromatic N) is 1. The van der Waals surface area contributed by atoms with Crippen molar-refractivity contribution in [2.75, 3.05) is 26.2 Å². The monoisotopic (exact) mass is 228 g/mol. The lowest BCUT2D eigenvalue weighted by Gasteiger charge is -2.29. The molecule has 0 spiro atoms. The minimum Gasteiger partial charge on any atom is -0.369 e. The summed E-state index contributed by atoms with van der Waals surface area (Å²) in [5, 5.41) is 3.35. The summed E-state index contributed by atoms with van der Waals surface area (Å²) in [6.45, 7) is 1.81. The van der Waals surface area contributed by atoms with Crippen LogP contribution in [0, 0.1) is 0 Å². The number of nitrogens with one attached hydrogen (secondary N) is 1. The molecule has 92 valence electrons. The topological polar surface area (TPSA) is 101 Å². The van der Waals surface area contributed by atoms with Crippen molar-refractivity contribution in [2.24, 2.45) is 11.5 Å². The highest BCUT2D eigenvalue weighted by Gasteiger charge is 2.18. The molecule has 0 radical (unpaired) electrons. The van der Waals surface area contributed by atoms with Gasteiger partial charge in [-0.3, -0.25) is 14.5 Å².